The Labute approximate surface area is 123 Å². The molecule has 6 heteroatoms. The summed E-state index contributed by atoms with van der Waals surface area (Å²) in [6.07, 6.45) is 0. The first-order chi connectivity index (χ1) is 10.5. The fourth-order valence-corrected chi connectivity index (χ4v) is 2.27. The second-order valence-electron chi connectivity index (χ2n) is 4.83. The lowest BCUT2D eigenvalue weighted by Crippen LogP contribution is -2.07. The smallest absolute Gasteiger partial charge is 0.269 e. The lowest BCUT2D eigenvalue weighted by Gasteiger charge is -2.07. The van der Waals surface area contributed by atoms with E-state index in [1.165, 1.54) is 36.4 Å². The highest BCUT2D eigenvalue weighted by Gasteiger charge is 2.14. The van der Waals surface area contributed by atoms with Crippen LogP contribution in [-0.4, -0.2) is 4.92 Å². The van der Waals surface area contributed by atoms with Gasteiger partial charge in [0.15, 0.2) is 5.43 Å². The standard InChI is InChI=1S/C16H10FNO4/c1-9-15(19)13-8-11(17)4-7-14(13)22-16(9)10-2-5-12(6-3-10)18(20)21/h2-8H,1H3. The molecule has 1 heterocycles. The summed E-state index contributed by atoms with van der Waals surface area (Å²) in [5, 5.41) is 10.8. The number of nitrogens with zero attached hydrogens (tertiary/aromatic N) is 1. The Balaban J connectivity index is 2.23. The molecule has 0 bridgehead atoms. The van der Waals surface area contributed by atoms with Gasteiger partial charge in [-0.25, -0.2) is 4.39 Å². The molecule has 0 N–H and O–H groups in total. The van der Waals surface area contributed by atoms with E-state index in [0.717, 1.165) is 6.07 Å². The second kappa shape index (κ2) is 5.07. The van der Waals surface area contributed by atoms with Gasteiger partial charge in [0.25, 0.3) is 5.69 Å². The molecule has 0 atom stereocenters. The minimum Gasteiger partial charge on any atom is -0.456 e. The molecule has 0 amide bonds. The van der Waals surface area contributed by atoms with E-state index in [4.69, 9.17) is 4.42 Å². The number of fused-ring (bicyclic) bond motifs is 1. The van der Waals surface area contributed by atoms with Gasteiger partial charge in [-0.2, -0.15) is 0 Å². The molecule has 0 fully saturated rings. The average molecular weight is 299 g/mol. The third kappa shape index (κ3) is 2.24. The number of halogens is 1. The maximum Gasteiger partial charge on any atom is 0.269 e. The van der Waals surface area contributed by atoms with Crippen LogP contribution >= 0.6 is 0 Å². The minimum absolute atomic E-state index is 0.0494. The Morgan fingerprint density at radius 3 is 2.45 bits per heavy atom. The quantitative estimate of drug-likeness (QED) is 0.532. The van der Waals surface area contributed by atoms with Crippen molar-refractivity contribution in [2.45, 2.75) is 6.92 Å². The van der Waals surface area contributed by atoms with Crippen LogP contribution in [0.25, 0.3) is 22.3 Å². The van der Waals surface area contributed by atoms with Gasteiger partial charge >= 0.3 is 0 Å². The summed E-state index contributed by atoms with van der Waals surface area (Å²) in [7, 11) is 0. The van der Waals surface area contributed by atoms with Crippen LogP contribution in [-0.2, 0) is 0 Å². The molecule has 0 aliphatic heterocycles. The first-order valence-electron chi connectivity index (χ1n) is 6.45. The Morgan fingerprint density at radius 1 is 1.14 bits per heavy atom. The van der Waals surface area contributed by atoms with E-state index < -0.39 is 10.7 Å². The number of hydrogen-bond acceptors (Lipinski definition) is 4. The van der Waals surface area contributed by atoms with E-state index in [-0.39, 0.29) is 22.1 Å². The molecule has 2 aromatic carbocycles. The number of nitro groups is 1. The van der Waals surface area contributed by atoms with Crippen molar-refractivity contribution in [2.24, 2.45) is 0 Å². The van der Waals surface area contributed by atoms with Gasteiger partial charge in [-0.1, -0.05) is 0 Å². The van der Waals surface area contributed by atoms with Crippen molar-refractivity contribution in [1.29, 1.82) is 0 Å². The molecule has 1 aromatic heterocycles. The molecule has 0 unspecified atom stereocenters. The predicted molar refractivity (Wildman–Crippen MR) is 79.3 cm³/mol. The summed E-state index contributed by atoms with van der Waals surface area (Å²) in [5.74, 6) is -0.193. The Kier molecular flexibility index (Phi) is 3.21. The number of hydrogen-bond donors (Lipinski definition) is 0. The van der Waals surface area contributed by atoms with E-state index in [1.54, 1.807) is 6.92 Å². The van der Waals surface area contributed by atoms with Gasteiger partial charge in [0.2, 0.25) is 0 Å². The molecule has 0 saturated carbocycles. The number of nitro benzene ring substituents is 1. The Morgan fingerprint density at radius 2 is 1.82 bits per heavy atom. The predicted octanol–water partition coefficient (Wildman–Crippen LogP) is 3.82. The van der Waals surface area contributed by atoms with Gasteiger partial charge in [-0.05, 0) is 37.3 Å². The summed E-state index contributed by atoms with van der Waals surface area (Å²) in [6, 6.07) is 9.43. The van der Waals surface area contributed by atoms with Gasteiger partial charge in [0.05, 0.1) is 10.3 Å². The first kappa shape index (κ1) is 13.9. The van der Waals surface area contributed by atoms with Crippen LogP contribution in [0.2, 0.25) is 0 Å². The highest BCUT2D eigenvalue weighted by molar-refractivity contribution is 5.80. The van der Waals surface area contributed by atoms with E-state index >= 15 is 0 Å². The Hall–Kier alpha value is -3.02. The topological polar surface area (TPSA) is 73.3 Å². The normalized spacial score (nSPS) is 10.8. The van der Waals surface area contributed by atoms with Gasteiger partial charge in [-0.15, -0.1) is 0 Å². The molecule has 0 aliphatic carbocycles. The Bertz CT molecular complexity index is 945. The van der Waals surface area contributed by atoms with Crippen molar-refractivity contribution in [3.05, 3.63) is 74.2 Å². The van der Waals surface area contributed by atoms with Crippen molar-refractivity contribution < 1.29 is 13.7 Å². The largest absolute Gasteiger partial charge is 0.456 e. The monoisotopic (exact) mass is 299 g/mol. The SMILES string of the molecule is Cc1c(-c2ccc([N+](=O)[O-])cc2)oc2ccc(F)cc2c1=O. The lowest BCUT2D eigenvalue weighted by atomic mass is 10.1. The highest BCUT2D eigenvalue weighted by Crippen LogP contribution is 2.27. The maximum absolute atomic E-state index is 13.2. The molecule has 0 spiro atoms. The molecule has 3 rings (SSSR count). The highest BCUT2D eigenvalue weighted by atomic mass is 19.1. The van der Waals surface area contributed by atoms with Crippen LogP contribution in [0.5, 0.6) is 0 Å². The first-order valence-corrected chi connectivity index (χ1v) is 6.45. The van der Waals surface area contributed by atoms with Crippen LogP contribution in [0.4, 0.5) is 10.1 Å². The number of rotatable bonds is 2. The van der Waals surface area contributed by atoms with Crippen molar-refractivity contribution >= 4 is 16.7 Å². The zero-order chi connectivity index (χ0) is 15.9. The van der Waals surface area contributed by atoms with Crippen LogP contribution in [0.1, 0.15) is 5.56 Å². The van der Waals surface area contributed by atoms with E-state index in [0.29, 0.717) is 16.9 Å². The van der Waals surface area contributed by atoms with E-state index in [1.807, 2.05) is 0 Å². The summed E-state index contributed by atoms with van der Waals surface area (Å²) < 4.78 is 18.9. The van der Waals surface area contributed by atoms with Crippen molar-refractivity contribution in [1.82, 2.24) is 0 Å². The van der Waals surface area contributed by atoms with Crippen molar-refractivity contribution in [3.8, 4) is 11.3 Å². The molecular weight excluding hydrogens is 289 g/mol. The van der Waals surface area contributed by atoms with Gasteiger partial charge in [0.1, 0.15) is 17.2 Å². The molecule has 22 heavy (non-hydrogen) atoms. The molecular formula is C16H10FNO4. The zero-order valence-corrected chi connectivity index (χ0v) is 11.5. The summed E-state index contributed by atoms with van der Waals surface area (Å²) >= 11 is 0. The van der Waals surface area contributed by atoms with Gasteiger partial charge in [0, 0.05) is 23.3 Å². The van der Waals surface area contributed by atoms with Crippen LogP contribution < -0.4 is 5.43 Å². The van der Waals surface area contributed by atoms with Crippen LogP contribution in [0, 0.1) is 22.9 Å². The maximum atomic E-state index is 13.2. The molecule has 3 aromatic rings. The lowest BCUT2D eigenvalue weighted by molar-refractivity contribution is -0.384. The summed E-state index contributed by atoms with van der Waals surface area (Å²) in [6.45, 7) is 1.58. The second-order valence-corrected chi connectivity index (χ2v) is 4.83. The summed E-state index contributed by atoms with van der Waals surface area (Å²) in [4.78, 5) is 22.5. The number of non-ortho nitro benzene ring substituents is 1. The van der Waals surface area contributed by atoms with E-state index in [2.05, 4.69) is 0 Å². The third-order valence-corrected chi connectivity index (χ3v) is 3.42. The van der Waals surface area contributed by atoms with Crippen LogP contribution in [0.3, 0.4) is 0 Å². The third-order valence-electron chi connectivity index (χ3n) is 3.42. The van der Waals surface area contributed by atoms with Crippen molar-refractivity contribution in [2.75, 3.05) is 0 Å². The fourth-order valence-electron chi connectivity index (χ4n) is 2.27. The van der Waals surface area contributed by atoms with Gasteiger partial charge < -0.3 is 4.42 Å². The minimum atomic E-state index is -0.512. The molecule has 0 saturated heterocycles. The van der Waals surface area contributed by atoms with Gasteiger partial charge in [-0.3, -0.25) is 14.9 Å². The molecule has 5 nitrogen and oxygen atoms in total. The molecule has 0 aliphatic rings. The average Bonchev–Trinajstić information content (AvgIpc) is 2.51. The number of benzene rings is 2. The zero-order valence-electron chi connectivity index (χ0n) is 11.5. The molecule has 0 radical (unpaired) electrons. The fraction of sp³-hybridized carbons (Fsp3) is 0.0625. The van der Waals surface area contributed by atoms with Crippen molar-refractivity contribution in [3.63, 3.8) is 0 Å². The van der Waals surface area contributed by atoms with E-state index in [9.17, 15) is 19.3 Å². The summed E-state index contributed by atoms with van der Waals surface area (Å²) in [5.41, 5.74) is 0.768. The molecule has 110 valence electrons. The van der Waals surface area contributed by atoms with Crippen LogP contribution in [0.15, 0.2) is 51.7 Å².